The second kappa shape index (κ2) is 8.98. The van der Waals surface area contributed by atoms with Crippen LogP contribution in [0.4, 0.5) is 0 Å². The van der Waals surface area contributed by atoms with Crippen molar-refractivity contribution < 1.29 is 18.3 Å². The van der Waals surface area contributed by atoms with Crippen LogP contribution in [0.5, 0.6) is 0 Å². The molecule has 0 radical (unpaired) electrons. The number of carboxylic acid groups (broad SMARTS) is 1. The molecule has 0 saturated carbocycles. The number of aryl methyl sites for hydroxylation is 1. The maximum absolute atomic E-state index is 13.1. The Labute approximate surface area is 187 Å². The number of aromatic nitrogens is 1. The molecule has 0 aliphatic rings. The van der Waals surface area contributed by atoms with E-state index in [2.05, 4.69) is 9.71 Å². The van der Waals surface area contributed by atoms with Crippen LogP contribution in [0.3, 0.4) is 0 Å². The van der Waals surface area contributed by atoms with E-state index in [0.29, 0.717) is 6.42 Å². The van der Waals surface area contributed by atoms with Crippen molar-refractivity contribution in [2.45, 2.75) is 30.2 Å². The van der Waals surface area contributed by atoms with E-state index in [9.17, 15) is 18.3 Å². The van der Waals surface area contributed by atoms with Gasteiger partial charge in [-0.25, -0.2) is 8.42 Å². The minimum absolute atomic E-state index is 0.0340. The van der Waals surface area contributed by atoms with Crippen LogP contribution >= 0.6 is 0 Å². The lowest BCUT2D eigenvalue weighted by atomic mass is 9.86. The number of nitrogens with one attached hydrogen (secondary N) is 2. The zero-order chi connectivity index (χ0) is 22.7. The van der Waals surface area contributed by atoms with Crippen LogP contribution in [0.2, 0.25) is 0 Å². The highest BCUT2D eigenvalue weighted by Gasteiger charge is 2.35. The van der Waals surface area contributed by atoms with Gasteiger partial charge in [0, 0.05) is 23.0 Å². The third-order valence-corrected chi connectivity index (χ3v) is 7.06. The molecule has 4 aromatic rings. The van der Waals surface area contributed by atoms with E-state index in [1.807, 2.05) is 61.5 Å². The number of fused-ring (bicyclic) bond motifs is 1. The summed E-state index contributed by atoms with van der Waals surface area (Å²) in [7, 11) is -4.04. The zero-order valence-electron chi connectivity index (χ0n) is 17.5. The Bertz CT molecular complexity index is 1330. The predicted molar refractivity (Wildman–Crippen MR) is 124 cm³/mol. The van der Waals surface area contributed by atoms with Crippen LogP contribution in [0, 0.1) is 6.92 Å². The van der Waals surface area contributed by atoms with Crippen LogP contribution in [0.25, 0.3) is 10.9 Å². The first-order valence-electron chi connectivity index (χ1n) is 10.3. The molecule has 0 aliphatic carbocycles. The maximum Gasteiger partial charge on any atom is 0.322 e. The van der Waals surface area contributed by atoms with Gasteiger partial charge in [0.2, 0.25) is 10.0 Å². The normalized spacial score (nSPS) is 13.7. The molecule has 7 heteroatoms. The summed E-state index contributed by atoms with van der Waals surface area (Å²) in [5.74, 6) is -1.86. The molecule has 0 fully saturated rings. The number of benzene rings is 3. The first-order valence-corrected chi connectivity index (χ1v) is 11.8. The third-order valence-electron chi connectivity index (χ3n) is 5.60. The quantitative estimate of drug-likeness (QED) is 0.376. The van der Waals surface area contributed by atoms with Crippen LogP contribution < -0.4 is 4.72 Å². The molecule has 0 amide bonds. The highest BCUT2D eigenvalue weighted by Crippen LogP contribution is 2.32. The van der Waals surface area contributed by atoms with Gasteiger partial charge < -0.3 is 10.1 Å². The van der Waals surface area contributed by atoms with Crippen molar-refractivity contribution >= 4 is 26.9 Å². The Morgan fingerprint density at radius 2 is 1.62 bits per heavy atom. The first-order chi connectivity index (χ1) is 15.3. The van der Waals surface area contributed by atoms with Gasteiger partial charge in [0.15, 0.2) is 0 Å². The molecule has 4 rings (SSSR count). The molecule has 3 N–H and O–H groups in total. The Morgan fingerprint density at radius 3 is 2.31 bits per heavy atom. The average Bonchev–Trinajstić information content (AvgIpc) is 3.21. The number of carboxylic acids is 1. The standard InChI is InChI=1S/C25H24N2O4S/c1-17-11-13-19(14-12-17)32(30,31)27-24(25(28)29)21(15-18-7-3-2-4-8-18)22-16-26-23-10-6-5-9-20(22)23/h2-14,16,21,24,26-27H,15H2,1H3,(H,28,29). The van der Waals surface area contributed by atoms with Crippen LogP contribution in [-0.4, -0.2) is 30.5 Å². The Balaban J connectivity index is 1.78. The molecule has 0 spiro atoms. The lowest BCUT2D eigenvalue weighted by molar-refractivity contribution is -0.139. The molecule has 0 bridgehead atoms. The summed E-state index contributed by atoms with van der Waals surface area (Å²) < 4.78 is 28.6. The predicted octanol–water partition coefficient (Wildman–Crippen LogP) is 4.23. The minimum atomic E-state index is -4.04. The number of hydrogen-bond acceptors (Lipinski definition) is 3. The summed E-state index contributed by atoms with van der Waals surface area (Å²) >= 11 is 0. The second-order valence-electron chi connectivity index (χ2n) is 7.84. The molecule has 0 aliphatic heterocycles. The molecule has 32 heavy (non-hydrogen) atoms. The van der Waals surface area contributed by atoms with E-state index in [1.54, 1.807) is 18.3 Å². The SMILES string of the molecule is Cc1ccc(S(=O)(=O)NC(C(=O)O)C(Cc2ccccc2)c2c[nH]c3ccccc23)cc1. The van der Waals surface area contributed by atoms with Gasteiger partial charge in [0.25, 0.3) is 0 Å². The van der Waals surface area contributed by atoms with E-state index in [1.165, 1.54) is 12.1 Å². The molecule has 1 aromatic heterocycles. The minimum Gasteiger partial charge on any atom is -0.480 e. The van der Waals surface area contributed by atoms with E-state index < -0.39 is 28.0 Å². The monoisotopic (exact) mass is 448 g/mol. The maximum atomic E-state index is 13.1. The molecular weight excluding hydrogens is 424 g/mol. The van der Waals surface area contributed by atoms with Crippen molar-refractivity contribution in [3.05, 3.63) is 102 Å². The summed E-state index contributed by atoms with van der Waals surface area (Å²) in [6, 6.07) is 22.0. The van der Waals surface area contributed by atoms with Crippen molar-refractivity contribution in [3.8, 4) is 0 Å². The van der Waals surface area contributed by atoms with Crippen molar-refractivity contribution in [2.75, 3.05) is 0 Å². The fraction of sp³-hybridized carbons (Fsp3) is 0.160. The number of hydrogen-bond donors (Lipinski definition) is 3. The van der Waals surface area contributed by atoms with Gasteiger partial charge in [-0.3, -0.25) is 4.79 Å². The van der Waals surface area contributed by atoms with Crippen LogP contribution in [0.1, 0.15) is 22.6 Å². The summed E-state index contributed by atoms with van der Waals surface area (Å²) in [6.45, 7) is 1.86. The van der Waals surface area contributed by atoms with Gasteiger partial charge >= 0.3 is 5.97 Å². The summed E-state index contributed by atoms with van der Waals surface area (Å²) in [5.41, 5.74) is 3.46. The van der Waals surface area contributed by atoms with Crippen LogP contribution in [-0.2, 0) is 21.2 Å². The van der Waals surface area contributed by atoms with Gasteiger partial charge in [0.05, 0.1) is 4.90 Å². The van der Waals surface area contributed by atoms with Crippen molar-refractivity contribution in [1.29, 1.82) is 0 Å². The molecule has 6 nitrogen and oxygen atoms in total. The number of H-pyrrole nitrogens is 1. The number of aromatic amines is 1. The lowest BCUT2D eigenvalue weighted by Crippen LogP contribution is -2.45. The van der Waals surface area contributed by atoms with Crippen molar-refractivity contribution in [1.82, 2.24) is 9.71 Å². The largest absolute Gasteiger partial charge is 0.480 e. The molecular formula is C25H24N2O4S. The van der Waals surface area contributed by atoms with Crippen molar-refractivity contribution in [2.24, 2.45) is 0 Å². The summed E-state index contributed by atoms with van der Waals surface area (Å²) in [6.07, 6.45) is 2.13. The number of carbonyl (C=O) groups is 1. The molecule has 1 heterocycles. The highest BCUT2D eigenvalue weighted by atomic mass is 32.2. The fourth-order valence-electron chi connectivity index (χ4n) is 3.93. The second-order valence-corrected chi connectivity index (χ2v) is 9.55. The Hall–Kier alpha value is -3.42. The van der Waals surface area contributed by atoms with Gasteiger partial charge in [-0.05, 0) is 42.7 Å². The highest BCUT2D eigenvalue weighted by molar-refractivity contribution is 7.89. The van der Waals surface area contributed by atoms with Crippen molar-refractivity contribution in [3.63, 3.8) is 0 Å². The molecule has 3 aromatic carbocycles. The Kier molecular flexibility index (Phi) is 6.12. The first kappa shape index (κ1) is 21.8. The van der Waals surface area contributed by atoms with E-state index in [4.69, 9.17) is 0 Å². The van der Waals surface area contributed by atoms with Crippen LogP contribution in [0.15, 0.2) is 90.0 Å². The lowest BCUT2D eigenvalue weighted by Gasteiger charge is -2.25. The van der Waals surface area contributed by atoms with E-state index in [0.717, 1.165) is 27.6 Å². The molecule has 2 atom stereocenters. The molecule has 2 unspecified atom stereocenters. The average molecular weight is 449 g/mol. The summed E-state index contributed by atoms with van der Waals surface area (Å²) in [4.78, 5) is 15.6. The Morgan fingerprint density at radius 1 is 0.969 bits per heavy atom. The molecule has 0 saturated heterocycles. The van der Waals surface area contributed by atoms with Gasteiger partial charge in [-0.2, -0.15) is 4.72 Å². The third kappa shape index (κ3) is 4.59. The van der Waals surface area contributed by atoms with E-state index >= 15 is 0 Å². The topological polar surface area (TPSA) is 99.3 Å². The fourth-order valence-corrected chi connectivity index (χ4v) is 5.16. The van der Waals surface area contributed by atoms with Gasteiger partial charge in [0.1, 0.15) is 6.04 Å². The van der Waals surface area contributed by atoms with Gasteiger partial charge in [-0.15, -0.1) is 0 Å². The number of sulfonamides is 1. The number of aliphatic carboxylic acids is 1. The smallest absolute Gasteiger partial charge is 0.322 e. The van der Waals surface area contributed by atoms with E-state index in [-0.39, 0.29) is 4.90 Å². The summed E-state index contributed by atoms with van der Waals surface area (Å²) in [5, 5.41) is 11.0. The zero-order valence-corrected chi connectivity index (χ0v) is 18.3. The van der Waals surface area contributed by atoms with Gasteiger partial charge in [-0.1, -0.05) is 66.2 Å². The number of para-hydroxylation sites is 1. The number of rotatable bonds is 8. The molecule has 164 valence electrons.